The number of aromatic nitrogens is 2. The van der Waals surface area contributed by atoms with Crippen LogP contribution < -0.4 is 10.6 Å². The molecule has 0 radical (unpaired) electrons. The van der Waals surface area contributed by atoms with Gasteiger partial charge in [-0.2, -0.15) is 0 Å². The zero-order chi connectivity index (χ0) is 19.8. The number of likely N-dealkylation sites (tertiary alicyclic amines) is 1. The van der Waals surface area contributed by atoms with E-state index in [0.717, 1.165) is 69.1 Å². The molecule has 1 fully saturated rings. The maximum atomic E-state index is 5.72. The molecule has 8 heteroatoms. The van der Waals surface area contributed by atoms with E-state index in [1.165, 1.54) is 12.8 Å². The van der Waals surface area contributed by atoms with Gasteiger partial charge in [-0.25, -0.2) is 4.98 Å². The van der Waals surface area contributed by atoms with E-state index in [0.29, 0.717) is 5.92 Å². The van der Waals surface area contributed by atoms with Gasteiger partial charge in [-0.3, -0.25) is 9.89 Å². The minimum atomic E-state index is 0. The molecule has 0 spiro atoms. The summed E-state index contributed by atoms with van der Waals surface area (Å²) < 4.78 is 7.89. The topological polar surface area (TPSA) is 70.6 Å². The minimum absolute atomic E-state index is 0. The SMILES string of the molecule is CCNC(=NCC1CCN(Cc2nc(C)c(C)o2)CC1)NCCn1cccc1.I. The first-order valence-corrected chi connectivity index (χ1v) is 10.4. The average molecular weight is 514 g/mol. The predicted octanol–water partition coefficient (Wildman–Crippen LogP) is 3.18. The molecule has 1 aliphatic rings. The second-order valence-electron chi connectivity index (χ2n) is 7.54. The number of nitrogens with zero attached hydrogens (tertiary/aromatic N) is 4. The molecule has 2 N–H and O–H groups in total. The van der Waals surface area contributed by atoms with Crippen LogP contribution in [0.3, 0.4) is 0 Å². The Balaban J connectivity index is 0.00000300. The smallest absolute Gasteiger partial charge is 0.208 e. The van der Waals surface area contributed by atoms with Crippen molar-refractivity contribution in [2.45, 2.75) is 46.7 Å². The van der Waals surface area contributed by atoms with Crippen LogP contribution in [0.2, 0.25) is 0 Å². The lowest BCUT2D eigenvalue weighted by Gasteiger charge is -2.30. The highest BCUT2D eigenvalue weighted by Crippen LogP contribution is 2.20. The fourth-order valence-electron chi connectivity index (χ4n) is 3.51. The summed E-state index contributed by atoms with van der Waals surface area (Å²) in [4.78, 5) is 11.8. The average Bonchev–Trinajstić information content (AvgIpc) is 3.31. The Kier molecular flexibility index (Phi) is 9.99. The van der Waals surface area contributed by atoms with Crippen LogP contribution in [0.25, 0.3) is 0 Å². The number of nitrogens with one attached hydrogen (secondary N) is 2. The number of oxazole rings is 1. The van der Waals surface area contributed by atoms with E-state index >= 15 is 0 Å². The van der Waals surface area contributed by atoms with E-state index in [1.807, 2.05) is 13.8 Å². The van der Waals surface area contributed by atoms with Gasteiger partial charge in [0.25, 0.3) is 0 Å². The van der Waals surface area contributed by atoms with Gasteiger partial charge < -0.3 is 19.6 Å². The molecule has 1 aliphatic heterocycles. The molecule has 1 saturated heterocycles. The second kappa shape index (κ2) is 12.2. The number of rotatable bonds is 8. The van der Waals surface area contributed by atoms with E-state index in [9.17, 15) is 0 Å². The molecule has 2 aromatic rings. The zero-order valence-electron chi connectivity index (χ0n) is 17.9. The van der Waals surface area contributed by atoms with Gasteiger partial charge in [0, 0.05) is 38.6 Å². The van der Waals surface area contributed by atoms with Crippen LogP contribution >= 0.6 is 24.0 Å². The van der Waals surface area contributed by atoms with Crippen LogP contribution in [0, 0.1) is 19.8 Å². The molecule has 0 saturated carbocycles. The summed E-state index contributed by atoms with van der Waals surface area (Å²) in [5.74, 6) is 3.33. The van der Waals surface area contributed by atoms with E-state index < -0.39 is 0 Å². The fourth-order valence-corrected chi connectivity index (χ4v) is 3.51. The van der Waals surface area contributed by atoms with Crippen molar-refractivity contribution in [1.29, 1.82) is 0 Å². The molecule has 162 valence electrons. The molecule has 0 atom stereocenters. The third-order valence-corrected chi connectivity index (χ3v) is 5.32. The number of piperidine rings is 1. The van der Waals surface area contributed by atoms with Crippen molar-refractivity contribution in [3.05, 3.63) is 41.9 Å². The molecule has 29 heavy (non-hydrogen) atoms. The largest absolute Gasteiger partial charge is 0.444 e. The number of aliphatic imine (C=N–C) groups is 1. The monoisotopic (exact) mass is 514 g/mol. The van der Waals surface area contributed by atoms with Gasteiger partial charge in [0.2, 0.25) is 5.89 Å². The number of hydrogen-bond acceptors (Lipinski definition) is 4. The number of halogens is 1. The molecular formula is C21H35IN6O. The molecule has 0 aromatic carbocycles. The number of aryl methyl sites for hydroxylation is 2. The molecule has 3 heterocycles. The maximum absolute atomic E-state index is 5.72. The quantitative estimate of drug-likeness (QED) is 0.322. The van der Waals surface area contributed by atoms with Gasteiger partial charge >= 0.3 is 0 Å². The van der Waals surface area contributed by atoms with Crippen molar-refractivity contribution < 1.29 is 4.42 Å². The molecule has 0 bridgehead atoms. The van der Waals surface area contributed by atoms with Crippen LogP contribution in [0.15, 0.2) is 33.9 Å². The van der Waals surface area contributed by atoms with Crippen molar-refractivity contribution in [1.82, 2.24) is 25.1 Å². The first-order valence-electron chi connectivity index (χ1n) is 10.4. The summed E-state index contributed by atoms with van der Waals surface area (Å²) >= 11 is 0. The van der Waals surface area contributed by atoms with E-state index in [-0.39, 0.29) is 24.0 Å². The standard InChI is InChI=1S/C21H34N6O.HI/c1-4-22-21(23-9-14-26-10-5-6-11-26)24-15-19-7-12-27(13-8-19)16-20-25-17(2)18(3)28-20;/h5-6,10-11,19H,4,7-9,12-16H2,1-3H3,(H2,22,23,24);1H. The van der Waals surface area contributed by atoms with Crippen molar-refractivity contribution in [3.63, 3.8) is 0 Å². The lowest BCUT2D eigenvalue weighted by Crippen LogP contribution is -2.39. The van der Waals surface area contributed by atoms with Crippen molar-refractivity contribution >= 4 is 29.9 Å². The van der Waals surface area contributed by atoms with Crippen LogP contribution in [-0.4, -0.2) is 53.1 Å². The molecule has 0 amide bonds. The predicted molar refractivity (Wildman–Crippen MR) is 128 cm³/mol. The highest BCUT2D eigenvalue weighted by atomic mass is 127. The second-order valence-corrected chi connectivity index (χ2v) is 7.54. The third kappa shape index (κ3) is 7.65. The molecule has 3 rings (SSSR count). The van der Waals surface area contributed by atoms with Gasteiger partial charge in [-0.1, -0.05) is 0 Å². The Hall–Kier alpha value is -1.55. The number of guanidine groups is 1. The molecule has 0 aliphatic carbocycles. The number of hydrogen-bond donors (Lipinski definition) is 2. The van der Waals surface area contributed by atoms with Crippen LogP contribution in [0.4, 0.5) is 0 Å². The normalized spacial score (nSPS) is 15.9. The minimum Gasteiger partial charge on any atom is -0.444 e. The van der Waals surface area contributed by atoms with Crippen molar-refractivity contribution in [2.75, 3.05) is 32.7 Å². The van der Waals surface area contributed by atoms with E-state index in [4.69, 9.17) is 9.41 Å². The molecule has 0 unspecified atom stereocenters. The van der Waals surface area contributed by atoms with Gasteiger partial charge in [-0.15, -0.1) is 24.0 Å². The van der Waals surface area contributed by atoms with Crippen molar-refractivity contribution in [2.24, 2.45) is 10.9 Å². The van der Waals surface area contributed by atoms with Crippen LogP contribution in [0.1, 0.15) is 37.1 Å². The first kappa shape index (κ1) is 23.7. The van der Waals surface area contributed by atoms with Gasteiger partial charge in [0.1, 0.15) is 5.76 Å². The summed E-state index contributed by atoms with van der Waals surface area (Å²) in [6.07, 6.45) is 6.51. The maximum Gasteiger partial charge on any atom is 0.208 e. The third-order valence-electron chi connectivity index (χ3n) is 5.32. The zero-order valence-corrected chi connectivity index (χ0v) is 20.2. The summed E-state index contributed by atoms with van der Waals surface area (Å²) in [6, 6.07) is 4.10. The van der Waals surface area contributed by atoms with E-state index in [2.05, 4.69) is 56.5 Å². The summed E-state index contributed by atoms with van der Waals surface area (Å²) in [5, 5.41) is 6.78. The highest BCUT2D eigenvalue weighted by molar-refractivity contribution is 14.0. The van der Waals surface area contributed by atoms with E-state index in [1.54, 1.807) is 0 Å². The lowest BCUT2D eigenvalue weighted by atomic mass is 9.97. The van der Waals surface area contributed by atoms with Gasteiger partial charge in [-0.05, 0) is 64.8 Å². The Bertz CT molecular complexity index is 715. The Morgan fingerprint density at radius 2 is 1.93 bits per heavy atom. The first-order chi connectivity index (χ1) is 13.6. The Morgan fingerprint density at radius 1 is 1.21 bits per heavy atom. The van der Waals surface area contributed by atoms with Gasteiger partial charge in [0.05, 0.1) is 12.2 Å². The van der Waals surface area contributed by atoms with Crippen LogP contribution in [0.5, 0.6) is 0 Å². The Morgan fingerprint density at radius 3 is 2.55 bits per heavy atom. The lowest BCUT2D eigenvalue weighted by molar-refractivity contribution is 0.166. The van der Waals surface area contributed by atoms with Crippen molar-refractivity contribution in [3.8, 4) is 0 Å². The molecular weight excluding hydrogens is 479 g/mol. The van der Waals surface area contributed by atoms with Gasteiger partial charge in [0.15, 0.2) is 5.96 Å². The summed E-state index contributed by atoms with van der Waals surface area (Å²) in [7, 11) is 0. The fraction of sp³-hybridized carbons (Fsp3) is 0.619. The highest BCUT2D eigenvalue weighted by Gasteiger charge is 2.20. The summed E-state index contributed by atoms with van der Waals surface area (Å²) in [6.45, 7) is 12.6. The molecule has 2 aromatic heterocycles. The van der Waals surface area contributed by atoms with Crippen LogP contribution in [-0.2, 0) is 13.1 Å². The summed E-state index contributed by atoms with van der Waals surface area (Å²) in [5.41, 5.74) is 0.999. The Labute approximate surface area is 191 Å². The molecule has 7 nitrogen and oxygen atoms in total.